The van der Waals surface area contributed by atoms with Crippen LogP contribution >= 0.6 is 11.3 Å². The fourth-order valence-corrected chi connectivity index (χ4v) is 3.51. The molecule has 1 N–H and O–H groups in total. The van der Waals surface area contributed by atoms with Crippen molar-refractivity contribution in [3.63, 3.8) is 0 Å². The van der Waals surface area contributed by atoms with Gasteiger partial charge in [0.15, 0.2) is 5.13 Å². The van der Waals surface area contributed by atoms with Gasteiger partial charge in [0.05, 0.1) is 11.4 Å². The van der Waals surface area contributed by atoms with Gasteiger partial charge in [0.1, 0.15) is 13.2 Å². The molecule has 0 atom stereocenters. The van der Waals surface area contributed by atoms with E-state index in [4.69, 9.17) is 4.74 Å². The van der Waals surface area contributed by atoms with E-state index in [9.17, 15) is 14.4 Å². The van der Waals surface area contributed by atoms with Crippen LogP contribution in [0, 0.1) is 19.8 Å². The van der Waals surface area contributed by atoms with Crippen molar-refractivity contribution in [1.29, 1.82) is 0 Å². The van der Waals surface area contributed by atoms with E-state index in [-0.39, 0.29) is 25.0 Å². The number of thiazole rings is 1. The molecule has 7 nitrogen and oxygen atoms in total. The Hall–Kier alpha value is -2.74. The number of aryl methyl sites for hydroxylation is 2. The van der Waals surface area contributed by atoms with Crippen LogP contribution in [0.25, 0.3) is 0 Å². The predicted molar refractivity (Wildman–Crippen MR) is 118 cm³/mol. The summed E-state index contributed by atoms with van der Waals surface area (Å²) >= 11 is 1.30. The highest BCUT2D eigenvalue weighted by Gasteiger charge is 2.19. The number of esters is 1. The van der Waals surface area contributed by atoms with Crippen LogP contribution in [-0.4, -0.2) is 29.3 Å². The van der Waals surface area contributed by atoms with E-state index in [1.807, 2.05) is 45.9 Å². The quantitative estimate of drug-likeness (QED) is 0.605. The van der Waals surface area contributed by atoms with Crippen LogP contribution in [0.3, 0.4) is 0 Å². The van der Waals surface area contributed by atoms with Crippen LogP contribution in [-0.2, 0) is 25.7 Å². The van der Waals surface area contributed by atoms with Crippen molar-refractivity contribution >= 4 is 39.9 Å². The molecule has 0 aliphatic heterocycles. The van der Waals surface area contributed by atoms with E-state index < -0.39 is 5.97 Å². The van der Waals surface area contributed by atoms with Crippen molar-refractivity contribution in [3.05, 3.63) is 40.4 Å². The fourth-order valence-electron chi connectivity index (χ4n) is 2.64. The number of benzene rings is 1. The Balaban J connectivity index is 1.93. The summed E-state index contributed by atoms with van der Waals surface area (Å²) in [6.45, 7) is 9.38. The third-order valence-electron chi connectivity index (χ3n) is 4.55. The molecule has 1 aromatic heterocycles. The zero-order valence-electron chi connectivity index (χ0n) is 18.2. The zero-order valence-corrected chi connectivity index (χ0v) is 19.0. The van der Waals surface area contributed by atoms with Gasteiger partial charge in [0.25, 0.3) is 0 Å². The lowest BCUT2D eigenvalue weighted by Gasteiger charge is -2.19. The topological polar surface area (TPSA) is 88.6 Å². The molecule has 1 aromatic carbocycles. The Morgan fingerprint density at radius 3 is 2.57 bits per heavy atom. The van der Waals surface area contributed by atoms with Crippen LogP contribution in [0.5, 0.6) is 0 Å². The third kappa shape index (κ3) is 6.95. The normalized spacial score (nSPS) is 10.7. The van der Waals surface area contributed by atoms with Crippen molar-refractivity contribution in [2.75, 3.05) is 11.4 Å². The molecular weight excluding hydrogens is 402 g/mol. The number of anilines is 2. The van der Waals surface area contributed by atoms with Crippen LogP contribution < -0.4 is 10.2 Å². The minimum absolute atomic E-state index is 0.0180. The molecule has 0 aliphatic rings. The lowest BCUT2D eigenvalue weighted by atomic mass is 10.1. The largest absolute Gasteiger partial charge is 0.458 e. The first-order chi connectivity index (χ1) is 14.2. The highest BCUT2D eigenvalue weighted by molar-refractivity contribution is 7.14. The number of carbonyl (C=O) groups excluding carboxylic acids is 3. The van der Waals surface area contributed by atoms with Gasteiger partial charge in [-0.1, -0.05) is 19.9 Å². The molecule has 0 bridgehead atoms. The Morgan fingerprint density at radius 2 is 1.93 bits per heavy atom. The number of aromatic nitrogens is 1. The highest BCUT2D eigenvalue weighted by Crippen LogP contribution is 2.30. The van der Waals surface area contributed by atoms with Gasteiger partial charge in [-0.3, -0.25) is 19.3 Å². The molecule has 0 saturated heterocycles. The minimum Gasteiger partial charge on any atom is -0.458 e. The summed E-state index contributed by atoms with van der Waals surface area (Å²) in [6.07, 6.45) is 1.16. The maximum Gasteiger partial charge on any atom is 0.325 e. The number of amides is 2. The minimum atomic E-state index is -0.528. The molecule has 8 heteroatoms. The summed E-state index contributed by atoms with van der Waals surface area (Å²) < 4.78 is 5.19. The molecule has 2 rings (SSSR count). The summed E-state index contributed by atoms with van der Waals surface area (Å²) in [6, 6.07) is 5.79. The highest BCUT2D eigenvalue weighted by atomic mass is 32.1. The molecule has 0 fully saturated rings. The summed E-state index contributed by atoms with van der Waals surface area (Å²) in [5, 5.41) is 4.82. The molecule has 0 spiro atoms. The standard InChI is InChI=1S/C22H29N3O4S/c1-14(2)6-9-20(27)23-11-21(28)29-12-18-13-30-22(24-18)25(17(5)26)19-8-7-15(3)16(4)10-19/h7-8,10,13-14H,6,9,11-12H2,1-5H3,(H,23,27). The first-order valence-corrected chi connectivity index (χ1v) is 10.8. The number of hydrogen-bond acceptors (Lipinski definition) is 6. The molecule has 0 radical (unpaired) electrons. The monoisotopic (exact) mass is 431 g/mol. The number of rotatable bonds is 9. The van der Waals surface area contributed by atoms with Crippen LogP contribution in [0.15, 0.2) is 23.6 Å². The van der Waals surface area contributed by atoms with Crippen molar-refractivity contribution < 1.29 is 19.1 Å². The second-order valence-electron chi connectivity index (χ2n) is 7.61. The number of nitrogens with zero attached hydrogens (tertiary/aromatic N) is 2. The van der Waals surface area contributed by atoms with Gasteiger partial charge in [-0.05, 0) is 49.4 Å². The SMILES string of the molecule is CC(=O)N(c1ccc(C)c(C)c1)c1nc(COC(=O)CNC(=O)CCC(C)C)cs1. The van der Waals surface area contributed by atoms with E-state index >= 15 is 0 Å². The first-order valence-electron chi connectivity index (χ1n) is 9.92. The van der Waals surface area contributed by atoms with Gasteiger partial charge in [0.2, 0.25) is 11.8 Å². The van der Waals surface area contributed by atoms with Crippen molar-refractivity contribution in [1.82, 2.24) is 10.3 Å². The van der Waals surface area contributed by atoms with Crippen molar-refractivity contribution in [2.45, 2.75) is 54.1 Å². The Labute approximate surface area is 181 Å². The molecule has 2 amide bonds. The van der Waals surface area contributed by atoms with E-state index in [0.29, 0.717) is 23.2 Å². The Morgan fingerprint density at radius 1 is 1.20 bits per heavy atom. The maximum atomic E-state index is 12.2. The van der Waals surface area contributed by atoms with Gasteiger partial charge >= 0.3 is 5.97 Å². The lowest BCUT2D eigenvalue weighted by molar-refractivity contribution is -0.145. The van der Waals surface area contributed by atoms with E-state index in [1.54, 1.807) is 5.38 Å². The Kier molecular flexibility index (Phi) is 8.53. The van der Waals surface area contributed by atoms with Crippen LogP contribution in [0.1, 0.15) is 50.4 Å². The molecule has 162 valence electrons. The predicted octanol–water partition coefficient (Wildman–Crippen LogP) is 4.04. The molecule has 2 aromatic rings. The van der Waals surface area contributed by atoms with E-state index in [0.717, 1.165) is 23.2 Å². The summed E-state index contributed by atoms with van der Waals surface area (Å²) in [5.41, 5.74) is 3.52. The van der Waals surface area contributed by atoms with Gasteiger partial charge < -0.3 is 10.1 Å². The van der Waals surface area contributed by atoms with Crippen molar-refractivity contribution in [3.8, 4) is 0 Å². The van der Waals surface area contributed by atoms with E-state index in [2.05, 4.69) is 10.3 Å². The average Bonchev–Trinajstić information content (AvgIpc) is 3.14. The summed E-state index contributed by atoms with van der Waals surface area (Å²) in [7, 11) is 0. The van der Waals surface area contributed by atoms with Gasteiger partial charge in [-0.2, -0.15) is 0 Å². The van der Waals surface area contributed by atoms with Crippen LogP contribution in [0.2, 0.25) is 0 Å². The average molecular weight is 432 g/mol. The molecule has 0 saturated carbocycles. The Bertz CT molecular complexity index is 908. The number of carbonyl (C=O) groups is 3. The molecule has 1 heterocycles. The summed E-state index contributed by atoms with van der Waals surface area (Å²) in [5.74, 6) is -0.415. The third-order valence-corrected chi connectivity index (χ3v) is 5.43. The van der Waals surface area contributed by atoms with Gasteiger partial charge in [-0.15, -0.1) is 11.3 Å². The smallest absolute Gasteiger partial charge is 0.325 e. The number of hydrogen-bond donors (Lipinski definition) is 1. The molecule has 0 aliphatic carbocycles. The molecular formula is C22H29N3O4S. The van der Waals surface area contributed by atoms with Gasteiger partial charge in [-0.25, -0.2) is 4.98 Å². The first kappa shape index (κ1) is 23.5. The fraction of sp³-hybridized carbons (Fsp3) is 0.455. The maximum absolute atomic E-state index is 12.2. The second kappa shape index (κ2) is 10.9. The van der Waals surface area contributed by atoms with E-state index in [1.165, 1.54) is 23.2 Å². The molecule has 30 heavy (non-hydrogen) atoms. The zero-order chi connectivity index (χ0) is 22.3. The number of nitrogens with one attached hydrogen (secondary N) is 1. The van der Waals surface area contributed by atoms with Crippen molar-refractivity contribution in [2.24, 2.45) is 5.92 Å². The van der Waals surface area contributed by atoms with Gasteiger partial charge in [0, 0.05) is 18.7 Å². The second-order valence-corrected chi connectivity index (χ2v) is 8.45. The lowest BCUT2D eigenvalue weighted by Crippen LogP contribution is -2.30. The molecule has 0 unspecified atom stereocenters. The summed E-state index contributed by atoms with van der Waals surface area (Å²) in [4.78, 5) is 41.8. The van der Waals surface area contributed by atoms with Crippen LogP contribution in [0.4, 0.5) is 10.8 Å². The number of ether oxygens (including phenoxy) is 1.